The molecule has 1 saturated heterocycles. The van der Waals surface area contributed by atoms with Crippen molar-refractivity contribution in [1.29, 1.82) is 0 Å². The summed E-state index contributed by atoms with van der Waals surface area (Å²) in [6.45, 7) is 8.13. The van der Waals surface area contributed by atoms with Crippen LogP contribution in [0.15, 0.2) is 24.3 Å². The summed E-state index contributed by atoms with van der Waals surface area (Å²) in [6, 6.07) is 8.25. The van der Waals surface area contributed by atoms with Gasteiger partial charge in [-0.1, -0.05) is 26.0 Å². The Balaban J connectivity index is 2.07. The molecule has 1 fully saturated rings. The molecule has 0 radical (unpaired) electrons. The second kappa shape index (κ2) is 6.49. The van der Waals surface area contributed by atoms with Crippen molar-refractivity contribution in [3.63, 3.8) is 0 Å². The van der Waals surface area contributed by atoms with Gasteiger partial charge in [-0.05, 0) is 49.4 Å². The molecule has 0 spiro atoms. The number of anilines is 1. The summed E-state index contributed by atoms with van der Waals surface area (Å²) in [4.78, 5) is 2.33. The number of hydrogen-bond donors (Lipinski definition) is 1. The van der Waals surface area contributed by atoms with Gasteiger partial charge in [0, 0.05) is 13.6 Å². The van der Waals surface area contributed by atoms with E-state index in [2.05, 4.69) is 43.2 Å². The first kappa shape index (κ1) is 15.2. The Morgan fingerprint density at radius 2 is 2.10 bits per heavy atom. The van der Waals surface area contributed by atoms with Gasteiger partial charge >= 0.3 is 0 Å². The van der Waals surface area contributed by atoms with Crippen LogP contribution in [0.5, 0.6) is 5.75 Å². The van der Waals surface area contributed by atoms with Gasteiger partial charge in [-0.2, -0.15) is 0 Å². The molecule has 20 heavy (non-hydrogen) atoms. The first-order chi connectivity index (χ1) is 9.54. The van der Waals surface area contributed by atoms with E-state index >= 15 is 0 Å². The molecule has 0 amide bonds. The summed E-state index contributed by atoms with van der Waals surface area (Å²) in [6.07, 6.45) is 2.63. The van der Waals surface area contributed by atoms with Crippen molar-refractivity contribution < 1.29 is 4.74 Å². The molecule has 3 heteroatoms. The monoisotopic (exact) mass is 276 g/mol. The third-order valence-electron chi connectivity index (χ3n) is 4.54. The summed E-state index contributed by atoms with van der Waals surface area (Å²) in [5.41, 5.74) is 1.47. The van der Waals surface area contributed by atoms with Crippen LogP contribution in [0.3, 0.4) is 0 Å². The second-order valence-corrected chi connectivity index (χ2v) is 6.56. The van der Waals surface area contributed by atoms with Gasteiger partial charge < -0.3 is 15.0 Å². The van der Waals surface area contributed by atoms with Crippen molar-refractivity contribution in [3.8, 4) is 5.75 Å². The van der Waals surface area contributed by atoms with Gasteiger partial charge in [0.25, 0.3) is 0 Å². The zero-order valence-electron chi connectivity index (χ0n) is 13.3. The summed E-state index contributed by atoms with van der Waals surface area (Å²) in [5.74, 6) is 1.70. The first-order valence-corrected chi connectivity index (χ1v) is 7.59. The first-order valence-electron chi connectivity index (χ1n) is 7.59. The molecule has 1 heterocycles. The predicted octanol–water partition coefficient (Wildman–Crippen LogP) is 3.16. The predicted molar refractivity (Wildman–Crippen MR) is 85.6 cm³/mol. The smallest absolute Gasteiger partial charge is 0.142 e. The van der Waals surface area contributed by atoms with Crippen LogP contribution >= 0.6 is 0 Å². The highest BCUT2D eigenvalue weighted by Crippen LogP contribution is 2.35. The number of rotatable bonds is 5. The lowest BCUT2D eigenvalue weighted by Gasteiger charge is -2.40. The minimum Gasteiger partial charge on any atom is -0.495 e. The molecule has 1 aliphatic heterocycles. The molecule has 0 saturated carbocycles. The van der Waals surface area contributed by atoms with Gasteiger partial charge in [-0.25, -0.2) is 0 Å². The molecule has 112 valence electrons. The van der Waals surface area contributed by atoms with Crippen LogP contribution in [0.4, 0.5) is 5.69 Å². The molecule has 1 unspecified atom stereocenters. The summed E-state index contributed by atoms with van der Waals surface area (Å²) >= 11 is 0. The Morgan fingerprint density at radius 1 is 1.35 bits per heavy atom. The lowest BCUT2D eigenvalue weighted by Crippen LogP contribution is -2.44. The van der Waals surface area contributed by atoms with Gasteiger partial charge in [0.05, 0.1) is 12.8 Å². The third kappa shape index (κ3) is 3.45. The van der Waals surface area contributed by atoms with E-state index in [9.17, 15) is 0 Å². The van der Waals surface area contributed by atoms with Gasteiger partial charge in [-0.15, -0.1) is 0 Å². The molecule has 1 aromatic rings. The molecule has 0 aromatic heterocycles. The van der Waals surface area contributed by atoms with E-state index in [1.807, 2.05) is 12.1 Å². The number of ether oxygens (including phenoxy) is 1. The van der Waals surface area contributed by atoms with Crippen LogP contribution in [-0.4, -0.2) is 33.8 Å². The lowest BCUT2D eigenvalue weighted by molar-refractivity contribution is 0.177. The standard InChI is InChI=1S/C17H28N2O/c1-17(2,14-8-7-11-18-12-14)13-19(3)15-9-5-6-10-16(15)20-4/h5-6,9-10,14,18H,7-8,11-13H2,1-4H3. The van der Waals surface area contributed by atoms with Crippen molar-refractivity contribution in [1.82, 2.24) is 5.32 Å². The van der Waals surface area contributed by atoms with E-state index in [-0.39, 0.29) is 0 Å². The van der Waals surface area contributed by atoms with Crippen LogP contribution in [0.1, 0.15) is 26.7 Å². The van der Waals surface area contributed by atoms with Crippen LogP contribution in [-0.2, 0) is 0 Å². The average Bonchev–Trinajstić information content (AvgIpc) is 2.47. The Kier molecular flexibility index (Phi) is 4.92. The second-order valence-electron chi connectivity index (χ2n) is 6.56. The molecule has 0 bridgehead atoms. The molecule has 2 rings (SSSR count). The summed E-state index contributed by atoms with van der Waals surface area (Å²) in [5, 5.41) is 3.53. The van der Waals surface area contributed by atoms with Crippen LogP contribution in [0.25, 0.3) is 0 Å². The van der Waals surface area contributed by atoms with Crippen molar-refractivity contribution in [2.45, 2.75) is 26.7 Å². The van der Waals surface area contributed by atoms with E-state index in [1.54, 1.807) is 7.11 Å². The number of methoxy groups -OCH3 is 1. The van der Waals surface area contributed by atoms with Crippen LogP contribution in [0, 0.1) is 11.3 Å². The Hall–Kier alpha value is -1.22. The van der Waals surface area contributed by atoms with E-state index in [0.717, 1.165) is 24.8 Å². The van der Waals surface area contributed by atoms with E-state index in [1.165, 1.54) is 25.1 Å². The SMILES string of the molecule is COc1ccccc1N(C)CC(C)(C)C1CCCNC1. The number of para-hydroxylation sites is 2. The van der Waals surface area contributed by atoms with Crippen molar-refractivity contribution in [3.05, 3.63) is 24.3 Å². The highest BCUT2D eigenvalue weighted by atomic mass is 16.5. The topological polar surface area (TPSA) is 24.5 Å². The van der Waals surface area contributed by atoms with Crippen molar-refractivity contribution in [2.24, 2.45) is 11.3 Å². The molecule has 3 nitrogen and oxygen atoms in total. The fourth-order valence-corrected chi connectivity index (χ4v) is 3.29. The maximum absolute atomic E-state index is 5.47. The summed E-state index contributed by atoms with van der Waals surface area (Å²) in [7, 11) is 3.90. The quantitative estimate of drug-likeness (QED) is 0.894. The van der Waals surface area contributed by atoms with E-state index in [0.29, 0.717) is 5.41 Å². The maximum atomic E-state index is 5.47. The van der Waals surface area contributed by atoms with Gasteiger partial charge in [0.1, 0.15) is 5.75 Å². The van der Waals surface area contributed by atoms with Crippen molar-refractivity contribution in [2.75, 3.05) is 38.7 Å². The highest BCUT2D eigenvalue weighted by molar-refractivity contribution is 5.57. The summed E-state index contributed by atoms with van der Waals surface area (Å²) < 4.78 is 5.47. The third-order valence-corrected chi connectivity index (χ3v) is 4.54. The highest BCUT2D eigenvalue weighted by Gasteiger charge is 2.32. The Bertz CT molecular complexity index is 425. The molecular weight excluding hydrogens is 248 g/mol. The molecule has 0 aliphatic carbocycles. The minimum atomic E-state index is 0.295. The number of nitrogens with zero attached hydrogens (tertiary/aromatic N) is 1. The Labute approximate surface area is 123 Å². The molecule has 1 atom stereocenters. The zero-order valence-corrected chi connectivity index (χ0v) is 13.3. The normalized spacial score (nSPS) is 19.7. The largest absolute Gasteiger partial charge is 0.495 e. The number of nitrogens with one attached hydrogen (secondary N) is 1. The zero-order chi connectivity index (χ0) is 14.6. The van der Waals surface area contributed by atoms with Crippen LogP contribution in [0.2, 0.25) is 0 Å². The van der Waals surface area contributed by atoms with E-state index in [4.69, 9.17) is 4.74 Å². The fraction of sp³-hybridized carbons (Fsp3) is 0.647. The molecule has 1 N–H and O–H groups in total. The van der Waals surface area contributed by atoms with Crippen molar-refractivity contribution >= 4 is 5.69 Å². The van der Waals surface area contributed by atoms with Gasteiger partial charge in [-0.3, -0.25) is 0 Å². The van der Waals surface area contributed by atoms with Crippen LogP contribution < -0.4 is 15.0 Å². The minimum absolute atomic E-state index is 0.295. The van der Waals surface area contributed by atoms with E-state index < -0.39 is 0 Å². The molecular formula is C17H28N2O. The number of benzene rings is 1. The molecule has 1 aromatic carbocycles. The number of hydrogen-bond acceptors (Lipinski definition) is 3. The van der Waals surface area contributed by atoms with Gasteiger partial charge in [0.2, 0.25) is 0 Å². The van der Waals surface area contributed by atoms with Gasteiger partial charge in [0.15, 0.2) is 0 Å². The average molecular weight is 276 g/mol. The Morgan fingerprint density at radius 3 is 2.75 bits per heavy atom. The number of piperidine rings is 1. The molecule has 1 aliphatic rings. The maximum Gasteiger partial charge on any atom is 0.142 e. The fourth-order valence-electron chi connectivity index (χ4n) is 3.29. The lowest BCUT2D eigenvalue weighted by atomic mass is 9.74.